The third kappa shape index (κ3) is 3.77. The Balaban J connectivity index is 2.14. The van der Waals surface area contributed by atoms with Gasteiger partial charge in [-0.3, -0.25) is 4.98 Å². The van der Waals surface area contributed by atoms with Crippen molar-refractivity contribution in [1.29, 1.82) is 0 Å². The van der Waals surface area contributed by atoms with E-state index in [0.717, 1.165) is 30.3 Å². The largest absolute Gasteiger partial charge is 0.496 e. The normalized spacial score (nSPS) is 11.5. The van der Waals surface area contributed by atoms with E-state index in [1.165, 1.54) is 13.2 Å². The van der Waals surface area contributed by atoms with Gasteiger partial charge in [-0.2, -0.15) is 18.2 Å². The average molecular weight is 400 g/mol. The summed E-state index contributed by atoms with van der Waals surface area (Å²) in [6.07, 6.45) is -4.50. The molecule has 1 N–H and O–H groups in total. The number of aromatic amines is 1. The van der Waals surface area contributed by atoms with E-state index in [-0.39, 0.29) is 33.5 Å². The highest BCUT2D eigenvalue weighted by Gasteiger charge is 2.30. The first-order valence-electron chi connectivity index (χ1n) is 7.39. The van der Waals surface area contributed by atoms with Gasteiger partial charge in [-0.05, 0) is 24.3 Å². The highest BCUT2D eigenvalue weighted by atomic mass is 35.5. The maximum Gasteiger partial charge on any atom is 0.416 e. The van der Waals surface area contributed by atoms with Crippen LogP contribution in [0.5, 0.6) is 5.75 Å². The molecule has 0 saturated carbocycles. The summed E-state index contributed by atoms with van der Waals surface area (Å²) in [5.74, 6) is -0.895. The molecule has 0 aliphatic heterocycles. The predicted octanol–water partition coefficient (Wildman–Crippen LogP) is 4.32. The van der Waals surface area contributed by atoms with Crippen molar-refractivity contribution in [1.82, 2.24) is 15.0 Å². The molecule has 1 heterocycles. The molecule has 3 rings (SSSR count). The van der Waals surface area contributed by atoms with Crippen LogP contribution in [0.15, 0.2) is 41.2 Å². The number of rotatable bonds is 3. The smallest absolute Gasteiger partial charge is 0.416 e. The third-order valence-electron chi connectivity index (χ3n) is 3.63. The van der Waals surface area contributed by atoms with Crippen LogP contribution in [0.1, 0.15) is 5.56 Å². The molecule has 0 amide bonds. The molecule has 5 nitrogen and oxygen atoms in total. The van der Waals surface area contributed by atoms with E-state index >= 15 is 0 Å². The fourth-order valence-electron chi connectivity index (χ4n) is 2.36. The second kappa shape index (κ2) is 6.99. The molecule has 0 saturated heterocycles. The average Bonchev–Trinajstić information content (AvgIpc) is 2.62. The number of halogens is 5. The lowest BCUT2D eigenvalue weighted by Gasteiger charge is -2.11. The fourth-order valence-corrected chi connectivity index (χ4v) is 2.61. The van der Waals surface area contributed by atoms with Crippen molar-refractivity contribution in [2.75, 3.05) is 7.11 Å². The zero-order chi connectivity index (χ0) is 19.8. The number of hydrogen-bond acceptors (Lipinski definition) is 4. The van der Waals surface area contributed by atoms with E-state index in [4.69, 9.17) is 16.3 Å². The Morgan fingerprint density at radius 3 is 2.33 bits per heavy atom. The minimum Gasteiger partial charge on any atom is -0.496 e. The third-order valence-corrected chi connectivity index (χ3v) is 4.00. The molecular weight excluding hydrogens is 390 g/mol. The van der Waals surface area contributed by atoms with Crippen molar-refractivity contribution in [3.63, 3.8) is 0 Å². The number of hydrogen-bond donors (Lipinski definition) is 1. The van der Waals surface area contributed by atoms with Gasteiger partial charge in [0.15, 0.2) is 5.82 Å². The Kier molecular flexibility index (Phi) is 4.88. The van der Waals surface area contributed by atoms with E-state index < -0.39 is 23.2 Å². The number of methoxy groups -OCH3 is 1. The van der Waals surface area contributed by atoms with E-state index in [1.807, 2.05) is 0 Å². The minimum absolute atomic E-state index is 0.00757. The van der Waals surface area contributed by atoms with E-state index in [1.54, 1.807) is 0 Å². The van der Waals surface area contributed by atoms with Crippen LogP contribution < -0.4 is 10.4 Å². The van der Waals surface area contributed by atoms with Gasteiger partial charge < -0.3 is 4.74 Å². The van der Waals surface area contributed by atoms with Crippen molar-refractivity contribution < 1.29 is 22.3 Å². The van der Waals surface area contributed by atoms with Gasteiger partial charge >= 0.3 is 11.9 Å². The zero-order valence-corrected chi connectivity index (χ0v) is 14.3. The molecule has 0 aliphatic carbocycles. The summed E-state index contributed by atoms with van der Waals surface area (Å²) in [5.41, 5.74) is -1.53. The van der Waals surface area contributed by atoms with Crippen molar-refractivity contribution in [3.05, 3.63) is 63.3 Å². The lowest BCUT2D eigenvalue weighted by atomic mass is 10.1. The van der Waals surface area contributed by atoms with Crippen LogP contribution in [-0.4, -0.2) is 22.1 Å². The summed E-state index contributed by atoms with van der Waals surface area (Å²) < 4.78 is 57.0. The summed E-state index contributed by atoms with van der Waals surface area (Å²) in [7, 11) is 1.32. The molecule has 3 aromatic rings. The summed E-state index contributed by atoms with van der Waals surface area (Å²) in [4.78, 5) is 22.0. The number of alkyl halides is 3. The number of nitrogens with one attached hydrogen (secondary N) is 1. The summed E-state index contributed by atoms with van der Waals surface area (Å²) in [6, 6.07) is 6.33. The molecule has 0 spiro atoms. The molecule has 0 aliphatic rings. The maximum atomic E-state index is 13.8. The Hall–Kier alpha value is -2.94. The molecule has 10 heteroatoms. The molecule has 2 aromatic carbocycles. The van der Waals surface area contributed by atoms with Gasteiger partial charge in [0, 0.05) is 5.56 Å². The Morgan fingerprint density at radius 1 is 1.07 bits per heavy atom. The summed E-state index contributed by atoms with van der Waals surface area (Å²) in [5, 5.41) is -0.331. The Morgan fingerprint density at radius 2 is 1.74 bits per heavy atom. The van der Waals surface area contributed by atoms with Crippen molar-refractivity contribution >= 4 is 11.6 Å². The maximum absolute atomic E-state index is 13.8. The van der Waals surface area contributed by atoms with E-state index in [0.29, 0.717) is 0 Å². The van der Waals surface area contributed by atoms with Crippen LogP contribution in [0, 0.1) is 5.82 Å². The lowest BCUT2D eigenvalue weighted by Crippen LogP contribution is -2.15. The zero-order valence-electron chi connectivity index (χ0n) is 13.6. The van der Waals surface area contributed by atoms with Crippen LogP contribution in [0.4, 0.5) is 17.6 Å². The van der Waals surface area contributed by atoms with Crippen molar-refractivity contribution in [2.24, 2.45) is 0 Å². The topological polar surface area (TPSA) is 67.9 Å². The minimum atomic E-state index is -4.50. The predicted molar refractivity (Wildman–Crippen MR) is 90.0 cm³/mol. The standard InChI is InChI=1S/C17H10ClF4N3O2/c1-27-11-7-6-10(19)13(18)12(11)15-23-14(24-16(26)25-15)8-2-4-9(5-3-8)17(20,21)22/h2-7H,1H3,(H,23,24,25,26). The molecule has 0 radical (unpaired) electrons. The SMILES string of the molecule is COc1ccc(F)c(Cl)c1-c1nc(-c2ccc(C(F)(F)F)cc2)nc(=O)[nH]1. The van der Waals surface area contributed by atoms with Gasteiger partial charge in [-0.15, -0.1) is 0 Å². The first-order valence-corrected chi connectivity index (χ1v) is 7.77. The second-order valence-electron chi connectivity index (χ2n) is 5.34. The fraction of sp³-hybridized carbons (Fsp3) is 0.118. The molecule has 0 bridgehead atoms. The quantitative estimate of drug-likeness (QED) is 0.666. The van der Waals surface area contributed by atoms with Crippen LogP contribution in [0.2, 0.25) is 5.02 Å². The molecular formula is C17H10ClF4N3O2. The van der Waals surface area contributed by atoms with Crippen LogP contribution in [0.25, 0.3) is 22.8 Å². The van der Waals surface area contributed by atoms with E-state index in [9.17, 15) is 22.4 Å². The highest BCUT2D eigenvalue weighted by Crippen LogP contribution is 2.36. The van der Waals surface area contributed by atoms with E-state index in [2.05, 4.69) is 15.0 Å². The molecule has 1 aromatic heterocycles. The summed E-state index contributed by atoms with van der Waals surface area (Å²) >= 11 is 5.97. The first kappa shape index (κ1) is 18.8. The molecule has 140 valence electrons. The van der Waals surface area contributed by atoms with Crippen LogP contribution >= 0.6 is 11.6 Å². The monoisotopic (exact) mass is 399 g/mol. The molecule has 0 atom stereocenters. The van der Waals surface area contributed by atoms with Crippen molar-refractivity contribution in [2.45, 2.75) is 6.18 Å². The van der Waals surface area contributed by atoms with Crippen LogP contribution in [0.3, 0.4) is 0 Å². The first-order chi connectivity index (χ1) is 12.7. The Labute approximate surface area is 154 Å². The summed E-state index contributed by atoms with van der Waals surface area (Å²) in [6.45, 7) is 0. The van der Waals surface area contributed by atoms with Gasteiger partial charge in [-0.1, -0.05) is 23.7 Å². The van der Waals surface area contributed by atoms with Crippen molar-refractivity contribution in [3.8, 4) is 28.5 Å². The lowest BCUT2D eigenvalue weighted by molar-refractivity contribution is -0.137. The molecule has 0 unspecified atom stereocenters. The van der Waals surface area contributed by atoms with Gasteiger partial charge in [0.1, 0.15) is 17.4 Å². The molecule has 0 fully saturated rings. The van der Waals surface area contributed by atoms with Crippen LogP contribution in [-0.2, 0) is 6.18 Å². The second-order valence-corrected chi connectivity index (χ2v) is 5.72. The number of nitrogens with zero attached hydrogens (tertiary/aromatic N) is 2. The Bertz CT molecular complexity index is 1050. The number of benzene rings is 2. The van der Waals surface area contributed by atoms with Gasteiger partial charge in [0.25, 0.3) is 0 Å². The van der Waals surface area contributed by atoms with Gasteiger partial charge in [-0.25, -0.2) is 14.2 Å². The van der Waals surface area contributed by atoms with Gasteiger partial charge in [0.2, 0.25) is 0 Å². The molecule has 27 heavy (non-hydrogen) atoms. The number of aromatic nitrogens is 3. The number of ether oxygens (including phenoxy) is 1. The highest BCUT2D eigenvalue weighted by molar-refractivity contribution is 6.33. The van der Waals surface area contributed by atoms with Gasteiger partial charge in [0.05, 0.1) is 23.3 Å². The number of H-pyrrole nitrogens is 1.